The number of oxazole rings is 1. The zero-order valence-electron chi connectivity index (χ0n) is 15.5. The minimum atomic E-state index is -1.62. The predicted octanol–water partition coefficient (Wildman–Crippen LogP) is 0.777. The molecule has 9 nitrogen and oxygen atoms in total. The lowest BCUT2D eigenvalue weighted by Gasteiger charge is -2.19. The third kappa shape index (κ3) is 3.49. The van der Waals surface area contributed by atoms with Crippen LogP contribution in [0.15, 0.2) is 47.1 Å². The van der Waals surface area contributed by atoms with Gasteiger partial charge in [-0.3, -0.25) is 10.3 Å². The molecule has 1 atom stereocenters. The molecule has 0 spiro atoms. The molecule has 0 saturated heterocycles. The molecule has 10 heteroatoms. The smallest absolute Gasteiger partial charge is 0.453 e. The van der Waals surface area contributed by atoms with Crippen molar-refractivity contribution in [1.82, 2.24) is 9.97 Å². The number of rotatable bonds is 4. The van der Waals surface area contributed by atoms with E-state index in [1.54, 1.807) is 30.3 Å². The number of aromatic nitrogens is 2. The van der Waals surface area contributed by atoms with Crippen molar-refractivity contribution in [2.75, 3.05) is 12.4 Å². The summed E-state index contributed by atoms with van der Waals surface area (Å²) in [6.45, 7) is 0. The van der Waals surface area contributed by atoms with Crippen LogP contribution in [-0.2, 0) is 16.8 Å². The van der Waals surface area contributed by atoms with E-state index in [0.29, 0.717) is 35.5 Å². The maximum Gasteiger partial charge on any atom is 0.490 e. The Morgan fingerprint density at radius 3 is 2.69 bits per heavy atom. The summed E-state index contributed by atoms with van der Waals surface area (Å²) < 4.78 is 10.4. The third-order valence-corrected chi connectivity index (χ3v) is 4.89. The molecule has 1 aliphatic rings. The number of methoxy groups -OCH3 is 1. The highest BCUT2D eigenvalue weighted by Gasteiger charge is 2.44. The molecule has 1 unspecified atom stereocenters. The van der Waals surface area contributed by atoms with E-state index in [9.17, 15) is 19.9 Å². The number of carbonyl (C=O) groups excluding carboxylic acids is 1. The topological polar surface area (TPSA) is 138 Å². The summed E-state index contributed by atoms with van der Waals surface area (Å²) in [6, 6.07) is 8.49. The number of hydrogen-bond acceptors (Lipinski definition) is 8. The van der Waals surface area contributed by atoms with Crippen molar-refractivity contribution in [3.8, 4) is 11.3 Å². The number of aliphatic hydroxyl groups is 1. The lowest BCUT2D eigenvalue weighted by atomic mass is 9.80. The molecule has 1 aromatic carbocycles. The van der Waals surface area contributed by atoms with Crippen molar-refractivity contribution in [2.24, 2.45) is 0 Å². The summed E-state index contributed by atoms with van der Waals surface area (Å²) >= 11 is 0. The highest BCUT2D eigenvalue weighted by molar-refractivity contribution is 6.58. The van der Waals surface area contributed by atoms with Gasteiger partial charge in [-0.05, 0) is 42.7 Å². The molecule has 0 fully saturated rings. The van der Waals surface area contributed by atoms with E-state index in [2.05, 4.69) is 20.0 Å². The first-order valence-corrected chi connectivity index (χ1v) is 8.90. The number of anilines is 1. The fraction of sp³-hybridized carbons (Fsp3) is 0.211. The second-order valence-corrected chi connectivity index (χ2v) is 6.73. The fourth-order valence-electron chi connectivity index (χ4n) is 3.36. The normalized spacial score (nSPS) is 17.7. The van der Waals surface area contributed by atoms with Crippen molar-refractivity contribution in [3.63, 3.8) is 0 Å². The van der Waals surface area contributed by atoms with Crippen molar-refractivity contribution in [1.29, 1.82) is 0 Å². The van der Waals surface area contributed by atoms with Gasteiger partial charge >= 0.3 is 13.2 Å². The van der Waals surface area contributed by atoms with Crippen molar-refractivity contribution in [2.45, 2.75) is 18.4 Å². The molecule has 1 amide bonds. The van der Waals surface area contributed by atoms with Crippen LogP contribution in [-0.4, -0.2) is 45.4 Å². The first-order valence-electron chi connectivity index (χ1n) is 8.90. The summed E-state index contributed by atoms with van der Waals surface area (Å²) in [7, 11) is -0.334. The van der Waals surface area contributed by atoms with Gasteiger partial charge in [-0.2, -0.15) is 0 Å². The molecule has 4 N–H and O–H groups in total. The number of amides is 1. The second-order valence-electron chi connectivity index (χ2n) is 6.73. The Balaban J connectivity index is 1.59. The highest BCUT2D eigenvalue weighted by Crippen LogP contribution is 2.41. The predicted molar refractivity (Wildman–Crippen MR) is 103 cm³/mol. The number of aryl methyl sites for hydroxylation is 1. The molecule has 1 aliphatic carbocycles. The molecular weight excluding hydrogens is 377 g/mol. The average Bonchev–Trinajstić information content (AvgIpc) is 3.34. The maximum absolute atomic E-state index is 11.3. The lowest BCUT2D eigenvalue weighted by Crippen LogP contribution is -2.32. The number of hydrogen-bond donors (Lipinski definition) is 4. The number of fused-ring (bicyclic) bond motifs is 1. The monoisotopic (exact) mass is 395 g/mol. The van der Waals surface area contributed by atoms with E-state index in [1.807, 2.05) is 0 Å². The fourth-order valence-corrected chi connectivity index (χ4v) is 3.36. The standard InChI is InChI=1S/C19H18BN3O6/c1-28-18(24)23-14-4-2-11(3-5-14)15-10-22-17(29-15)19(25)7-6-12-8-13(20(26)27)9-21-16(12)19/h2-5,8-10,25-27H,6-7H2,1H3,(H,23,24). The Bertz CT molecular complexity index is 1050. The number of ether oxygens (including phenoxy) is 1. The van der Waals surface area contributed by atoms with E-state index in [-0.39, 0.29) is 11.4 Å². The minimum Gasteiger partial charge on any atom is -0.453 e. The summed E-state index contributed by atoms with van der Waals surface area (Å²) in [6.07, 6.45) is 3.09. The van der Waals surface area contributed by atoms with Crippen LogP contribution in [0.5, 0.6) is 0 Å². The summed E-state index contributed by atoms with van der Waals surface area (Å²) in [5, 5.41) is 32.3. The first-order chi connectivity index (χ1) is 13.9. The quantitative estimate of drug-likeness (QED) is 0.476. The van der Waals surface area contributed by atoms with E-state index in [4.69, 9.17) is 4.42 Å². The number of carbonyl (C=O) groups is 1. The maximum atomic E-state index is 11.3. The molecule has 2 heterocycles. The van der Waals surface area contributed by atoms with Crippen LogP contribution in [0.3, 0.4) is 0 Å². The lowest BCUT2D eigenvalue weighted by molar-refractivity contribution is 0.0498. The van der Waals surface area contributed by atoms with Gasteiger partial charge in [0.25, 0.3) is 0 Å². The zero-order chi connectivity index (χ0) is 20.6. The largest absolute Gasteiger partial charge is 0.490 e. The van der Waals surface area contributed by atoms with Crippen molar-refractivity contribution >= 4 is 24.4 Å². The second kappa shape index (κ2) is 7.32. The molecule has 3 aromatic rings. The molecular formula is C19H18BN3O6. The molecule has 2 aromatic heterocycles. The SMILES string of the molecule is COC(=O)Nc1ccc(-c2cnc(C3(O)CCc4cc(B(O)O)cnc43)o2)cc1. The van der Waals surface area contributed by atoms with Gasteiger partial charge in [-0.15, -0.1) is 0 Å². The molecule has 148 valence electrons. The Kier molecular flexibility index (Phi) is 4.83. The Hall–Kier alpha value is -3.21. The van der Waals surface area contributed by atoms with E-state index >= 15 is 0 Å². The van der Waals surface area contributed by atoms with Crippen LogP contribution in [0.2, 0.25) is 0 Å². The van der Waals surface area contributed by atoms with Gasteiger partial charge < -0.3 is 24.3 Å². The van der Waals surface area contributed by atoms with Gasteiger partial charge in [-0.25, -0.2) is 9.78 Å². The summed E-state index contributed by atoms with van der Waals surface area (Å²) in [5.74, 6) is 0.571. The molecule has 0 bridgehead atoms. The minimum absolute atomic E-state index is 0.118. The van der Waals surface area contributed by atoms with Crippen LogP contribution in [0.25, 0.3) is 11.3 Å². The number of pyridine rings is 1. The van der Waals surface area contributed by atoms with Gasteiger partial charge in [0.15, 0.2) is 11.4 Å². The molecule has 4 rings (SSSR count). The number of nitrogens with one attached hydrogen (secondary N) is 1. The molecule has 0 aliphatic heterocycles. The Labute approximate surface area is 166 Å². The van der Waals surface area contributed by atoms with Crippen LogP contribution in [0.1, 0.15) is 23.6 Å². The summed E-state index contributed by atoms with van der Waals surface area (Å²) in [4.78, 5) is 19.7. The number of nitrogens with zero attached hydrogens (tertiary/aromatic N) is 2. The Morgan fingerprint density at radius 2 is 2.00 bits per heavy atom. The highest BCUT2D eigenvalue weighted by atomic mass is 16.5. The first kappa shape index (κ1) is 19.1. The van der Waals surface area contributed by atoms with Crippen LogP contribution in [0, 0.1) is 0 Å². The van der Waals surface area contributed by atoms with Crippen LogP contribution < -0.4 is 10.8 Å². The van der Waals surface area contributed by atoms with E-state index in [1.165, 1.54) is 19.5 Å². The van der Waals surface area contributed by atoms with Gasteiger partial charge in [0.1, 0.15) is 0 Å². The molecule has 0 radical (unpaired) electrons. The van der Waals surface area contributed by atoms with Crippen molar-refractivity contribution in [3.05, 3.63) is 59.9 Å². The molecule has 29 heavy (non-hydrogen) atoms. The van der Waals surface area contributed by atoms with Crippen LogP contribution >= 0.6 is 0 Å². The van der Waals surface area contributed by atoms with Gasteiger partial charge in [0.2, 0.25) is 5.89 Å². The average molecular weight is 395 g/mol. The van der Waals surface area contributed by atoms with Gasteiger partial charge in [0.05, 0.1) is 19.0 Å². The van der Waals surface area contributed by atoms with E-state index in [0.717, 1.165) is 5.56 Å². The van der Waals surface area contributed by atoms with Crippen molar-refractivity contribution < 1.29 is 29.1 Å². The summed E-state index contributed by atoms with van der Waals surface area (Å²) in [5.41, 5.74) is 1.17. The third-order valence-electron chi connectivity index (χ3n) is 4.89. The van der Waals surface area contributed by atoms with Gasteiger partial charge in [-0.1, -0.05) is 6.07 Å². The Morgan fingerprint density at radius 1 is 1.24 bits per heavy atom. The number of benzene rings is 1. The van der Waals surface area contributed by atoms with E-state index < -0.39 is 18.8 Å². The zero-order valence-corrected chi connectivity index (χ0v) is 15.5. The van der Waals surface area contributed by atoms with Gasteiger partial charge in [0, 0.05) is 22.9 Å². The van der Waals surface area contributed by atoms with Crippen LogP contribution in [0.4, 0.5) is 10.5 Å². The molecule has 0 saturated carbocycles.